The lowest BCUT2D eigenvalue weighted by Crippen LogP contribution is -2.54. The van der Waals surface area contributed by atoms with E-state index in [4.69, 9.17) is 9.72 Å². The summed E-state index contributed by atoms with van der Waals surface area (Å²) in [6.45, 7) is 7.53. The maximum absolute atomic E-state index is 5.79. The summed E-state index contributed by atoms with van der Waals surface area (Å²) in [6.07, 6.45) is 5.01. The lowest BCUT2D eigenvalue weighted by Gasteiger charge is -2.42. The summed E-state index contributed by atoms with van der Waals surface area (Å²) in [7, 11) is 1.83. The molecular weight excluding hydrogens is 256 g/mol. The molecule has 1 heterocycles. The molecule has 108 valence electrons. The molecule has 2 unspecified atom stereocenters. The number of aromatic nitrogens is 1. The van der Waals surface area contributed by atoms with Gasteiger partial charge in [0.05, 0.1) is 17.3 Å². The molecule has 2 rings (SSSR count). The van der Waals surface area contributed by atoms with Crippen LogP contribution in [-0.4, -0.2) is 24.7 Å². The Kier molecular flexibility index (Phi) is 4.98. The second kappa shape index (κ2) is 6.33. The van der Waals surface area contributed by atoms with Gasteiger partial charge in [0.1, 0.15) is 5.01 Å². The summed E-state index contributed by atoms with van der Waals surface area (Å²) in [6, 6.07) is 0. The van der Waals surface area contributed by atoms with E-state index in [-0.39, 0.29) is 11.6 Å². The van der Waals surface area contributed by atoms with Crippen molar-refractivity contribution in [2.45, 2.75) is 64.0 Å². The van der Waals surface area contributed by atoms with Crippen molar-refractivity contribution >= 4 is 11.3 Å². The van der Waals surface area contributed by atoms with Gasteiger partial charge in [0.2, 0.25) is 0 Å². The molecule has 2 atom stereocenters. The van der Waals surface area contributed by atoms with Crippen molar-refractivity contribution in [3.8, 4) is 0 Å². The molecule has 1 N–H and O–H groups in total. The van der Waals surface area contributed by atoms with Crippen LogP contribution >= 0.6 is 11.3 Å². The molecular formula is C15H26N2OS. The van der Waals surface area contributed by atoms with Crippen LogP contribution in [0.2, 0.25) is 0 Å². The Morgan fingerprint density at radius 2 is 2.32 bits per heavy atom. The summed E-state index contributed by atoms with van der Waals surface area (Å²) < 4.78 is 5.79. The first-order chi connectivity index (χ1) is 9.14. The van der Waals surface area contributed by atoms with Crippen LogP contribution in [-0.2, 0) is 10.3 Å². The maximum Gasteiger partial charge on any atom is 0.116 e. The van der Waals surface area contributed by atoms with E-state index in [9.17, 15) is 0 Å². The Balaban J connectivity index is 2.35. The monoisotopic (exact) mass is 282 g/mol. The molecule has 0 spiro atoms. The van der Waals surface area contributed by atoms with Gasteiger partial charge in [0.25, 0.3) is 0 Å². The number of nitrogens with zero attached hydrogens (tertiary/aromatic N) is 1. The van der Waals surface area contributed by atoms with Crippen LogP contribution < -0.4 is 5.32 Å². The summed E-state index contributed by atoms with van der Waals surface area (Å²) in [5.74, 6) is 0.494. The molecule has 0 radical (unpaired) electrons. The first-order valence-electron chi connectivity index (χ1n) is 7.37. The average Bonchev–Trinajstić information content (AvgIpc) is 2.89. The van der Waals surface area contributed by atoms with Crippen LogP contribution in [0.25, 0.3) is 0 Å². The molecule has 0 bridgehead atoms. The molecule has 19 heavy (non-hydrogen) atoms. The zero-order valence-electron chi connectivity index (χ0n) is 12.5. The smallest absolute Gasteiger partial charge is 0.116 e. The number of thiazole rings is 1. The number of hydrogen-bond donors (Lipinski definition) is 1. The number of hydrogen-bond acceptors (Lipinski definition) is 4. The van der Waals surface area contributed by atoms with Crippen molar-refractivity contribution in [3.05, 3.63) is 16.1 Å². The fourth-order valence-electron chi connectivity index (χ4n) is 3.05. The number of likely N-dealkylation sites (N-methyl/N-ethyl adjacent to an activating group) is 1. The van der Waals surface area contributed by atoms with E-state index < -0.39 is 0 Å². The SMILES string of the molecule is CCNC1(c2nc(C(C)C)cs2)CCCCC1OC. The fraction of sp³-hybridized carbons (Fsp3) is 0.800. The Bertz CT molecular complexity index is 401. The normalized spacial score (nSPS) is 27.9. The zero-order valence-corrected chi connectivity index (χ0v) is 13.3. The van der Waals surface area contributed by atoms with Crippen molar-refractivity contribution in [3.63, 3.8) is 0 Å². The summed E-state index contributed by atoms with van der Waals surface area (Å²) in [5, 5.41) is 7.11. The summed E-state index contributed by atoms with van der Waals surface area (Å²) >= 11 is 1.79. The third-order valence-corrected chi connectivity index (χ3v) is 5.15. The number of ether oxygens (including phenoxy) is 1. The fourth-order valence-corrected chi connectivity index (χ4v) is 4.29. The van der Waals surface area contributed by atoms with Crippen LogP contribution in [0.15, 0.2) is 5.38 Å². The van der Waals surface area contributed by atoms with E-state index in [1.807, 2.05) is 7.11 Å². The first kappa shape index (κ1) is 14.9. The molecule has 1 fully saturated rings. The minimum atomic E-state index is -0.0699. The van der Waals surface area contributed by atoms with E-state index in [0.29, 0.717) is 5.92 Å². The van der Waals surface area contributed by atoms with E-state index in [1.165, 1.54) is 23.5 Å². The molecule has 1 aromatic rings. The number of rotatable bonds is 5. The van der Waals surface area contributed by atoms with Gasteiger partial charge in [-0.3, -0.25) is 0 Å². The molecule has 3 nitrogen and oxygen atoms in total. The molecule has 4 heteroatoms. The highest BCUT2D eigenvalue weighted by Crippen LogP contribution is 2.40. The minimum absolute atomic E-state index is 0.0699. The topological polar surface area (TPSA) is 34.2 Å². The van der Waals surface area contributed by atoms with Crippen LogP contribution in [0.4, 0.5) is 0 Å². The molecule has 1 aliphatic carbocycles. The van der Waals surface area contributed by atoms with Gasteiger partial charge in [-0.2, -0.15) is 0 Å². The standard InChI is InChI=1S/C15H26N2OS/c1-5-16-15(9-7-6-8-13(15)18-4)14-17-12(10-19-14)11(2)3/h10-11,13,16H,5-9H2,1-4H3. The van der Waals surface area contributed by atoms with E-state index >= 15 is 0 Å². The third kappa shape index (κ3) is 2.86. The van der Waals surface area contributed by atoms with Crippen LogP contribution in [0.1, 0.15) is 63.1 Å². The van der Waals surface area contributed by atoms with Gasteiger partial charge in [-0.25, -0.2) is 4.98 Å². The summed E-state index contributed by atoms with van der Waals surface area (Å²) in [5.41, 5.74) is 1.14. The Morgan fingerprint density at radius 3 is 2.89 bits per heavy atom. The molecule has 1 aromatic heterocycles. The molecule has 1 aliphatic rings. The average molecular weight is 282 g/mol. The Morgan fingerprint density at radius 1 is 1.53 bits per heavy atom. The number of nitrogens with one attached hydrogen (secondary N) is 1. The molecule has 0 amide bonds. The Hall–Kier alpha value is -0.450. The summed E-state index contributed by atoms with van der Waals surface area (Å²) in [4.78, 5) is 4.90. The van der Waals surface area contributed by atoms with Crippen molar-refractivity contribution < 1.29 is 4.74 Å². The van der Waals surface area contributed by atoms with Crippen LogP contribution in [0.3, 0.4) is 0 Å². The lowest BCUT2D eigenvalue weighted by atomic mass is 9.79. The highest BCUT2D eigenvalue weighted by atomic mass is 32.1. The van der Waals surface area contributed by atoms with E-state index in [0.717, 1.165) is 19.4 Å². The quantitative estimate of drug-likeness (QED) is 0.895. The highest BCUT2D eigenvalue weighted by Gasteiger charge is 2.44. The van der Waals surface area contributed by atoms with Crippen molar-refractivity contribution in [1.82, 2.24) is 10.3 Å². The van der Waals surface area contributed by atoms with E-state index in [2.05, 4.69) is 31.5 Å². The largest absolute Gasteiger partial charge is 0.379 e. The second-order valence-electron chi connectivity index (χ2n) is 5.70. The second-order valence-corrected chi connectivity index (χ2v) is 6.56. The van der Waals surface area contributed by atoms with Gasteiger partial charge < -0.3 is 10.1 Å². The van der Waals surface area contributed by atoms with Crippen LogP contribution in [0, 0.1) is 0 Å². The predicted molar refractivity (Wildman–Crippen MR) is 80.8 cm³/mol. The highest BCUT2D eigenvalue weighted by molar-refractivity contribution is 7.09. The van der Waals surface area contributed by atoms with Gasteiger partial charge in [0, 0.05) is 12.5 Å². The van der Waals surface area contributed by atoms with Crippen LogP contribution in [0.5, 0.6) is 0 Å². The van der Waals surface area contributed by atoms with Crippen molar-refractivity contribution in [2.75, 3.05) is 13.7 Å². The van der Waals surface area contributed by atoms with Gasteiger partial charge >= 0.3 is 0 Å². The molecule has 0 aromatic carbocycles. The third-order valence-electron chi connectivity index (χ3n) is 4.11. The van der Waals surface area contributed by atoms with Gasteiger partial charge in [-0.1, -0.05) is 33.6 Å². The Labute approximate surface area is 120 Å². The lowest BCUT2D eigenvalue weighted by molar-refractivity contribution is -0.0148. The molecule has 0 saturated heterocycles. The maximum atomic E-state index is 5.79. The van der Waals surface area contributed by atoms with Gasteiger partial charge in [-0.15, -0.1) is 11.3 Å². The van der Waals surface area contributed by atoms with Gasteiger partial charge in [0.15, 0.2) is 0 Å². The zero-order chi connectivity index (χ0) is 13.9. The van der Waals surface area contributed by atoms with Gasteiger partial charge in [-0.05, 0) is 25.3 Å². The van der Waals surface area contributed by atoms with E-state index in [1.54, 1.807) is 11.3 Å². The first-order valence-corrected chi connectivity index (χ1v) is 8.25. The van der Waals surface area contributed by atoms with Crippen molar-refractivity contribution in [1.29, 1.82) is 0 Å². The molecule has 1 saturated carbocycles. The minimum Gasteiger partial charge on any atom is -0.379 e. The predicted octanol–water partition coefficient (Wildman–Crippen LogP) is 3.66. The van der Waals surface area contributed by atoms with Crippen molar-refractivity contribution in [2.24, 2.45) is 0 Å². The molecule has 0 aliphatic heterocycles. The number of methoxy groups -OCH3 is 1.